The van der Waals surface area contributed by atoms with Crippen LogP contribution in [0.25, 0.3) is 0 Å². The third kappa shape index (κ3) is 5.20. The van der Waals surface area contributed by atoms with Crippen molar-refractivity contribution in [3.63, 3.8) is 0 Å². The highest BCUT2D eigenvalue weighted by molar-refractivity contribution is 5.94. The van der Waals surface area contributed by atoms with Crippen LogP contribution in [0.1, 0.15) is 56.3 Å². The number of unbranched alkanes of at least 4 members (excludes halogenated alkanes) is 3. The van der Waals surface area contributed by atoms with Crippen molar-refractivity contribution in [2.75, 3.05) is 11.1 Å². The molecule has 0 amide bonds. The highest BCUT2D eigenvalue weighted by Crippen LogP contribution is 2.19. The van der Waals surface area contributed by atoms with Gasteiger partial charge in [-0.25, -0.2) is 4.79 Å². The van der Waals surface area contributed by atoms with E-state index in [-0.39, 0.29) is 5.56 Å². The molecule has 0 spiro atoms. The van der Waals surface area contributed by atoms with Crippen LogP contribution in [0.2, 0.25) is 0 Å². The number of nitrogens with one attached hydrogen (secondary N) is 1. The monoisotopic (exact) mass is 264 g/mol. The van der Waals surface area contributed by atoms with E-state index in [2.05, 4.69) is 19.2 Å². The van der Waals surface area contributed by atoms with E-state index < -0.39 is 5.97 Å². The highest BCUT2D eigenvalue weighted by Gasteiger charge is 2.09. The average Bonchev–Trinajstić information content (AvgIpc) is 2.34. The molecular weight excluding hydrogens is 240 g/mol. The molecular formula is C15H24N2O2. The summed E-state index contributed by atoms with van der Waals surface area (Å²) in [6.07, 6.45) is 6.12. The van der Waals surface area contributed by atoms with Crippen LogP contribution in [0.5, 0.6) is 0 Å². The van der Waals surface area contributed by atoms with Crippen molar-refractivity contribution >= 4 is 17.3 Å². The molecule has 1 rings (SSSR count). The SMILES string of the molecule is CCCCCCC(C)Nc1ccc(C(=O)O)c(N)c1. The lowest BCUT2D eigenvalue weighted by atomic mass is 10.1. The predicted octanol–water partition coefficient (Wildman–Crippen LogP) is 3.74. The Hall–Kier alpha value is -1.71. The molecule has 1 atom stereocenters. The Bertz CT molecular complexity index is 419. The molecule has 0 aliphatic rings. The molecule has 106 valence electrons. The number of aromatic carboxylic acids is 1. The van der Waals surface area contributed by atoms with Crippen LogP contribution in [0.4, 0.5) is 11.4 Å². The number of carboxylic acid groups (broad SMARTS) is 1. The number of anilines is 2. The van der Waals surface area contributed by atoms with Gasteiger partial charge >= 0.3 is 5.97 Å². The molecule has 0 radical (unpaired) electrons. The third-order valence-electron chi connectivity index (χ3n) is 3.19. The molecule has 19 heavy (non-hydrogen) atoms. The van der Waals surface area contributed by atoms with Gasteiger partial charge in [-0.2, -0.15) is 0 Å². The molecule has 0 saturated heterocycles. The van der Waals surface area contributed by atoms with Crippen LogP contribution in [0.3, 0.4) is 0 Å². The molecule has 0 bridgehead atoms. The number of carboxylic acids is 1. The van der Waals surface area contributed by atoms with Crippen molar-refractivity contribution < 1.29 is 9.90 Å². The lowest BCUT2D eigenvalue weighted by Crippen LogP contribution is -2.15. The Morgan fingerprint density at radius 1 is 1.37 bits per heavy atom. The van der Waals surface area contributed by atoms with Crippen LogP contribution >= 0.6 is 0 Å². The minimum absolute atomic E-state index is 0.154. The van der Waals surface area contributed by atoms with Crippen molar-refractivity contribution in [1.29, 1.82) is 0 Å². The van der Waals surface area contributed by atoms with Gasteiger partial charge in [-0.1, -0.05) is 32.6 Å². The molecule has 1 unspecified atom stereocenters. The zero-order chi connectivity index (χ0) is 14.3. The van der Waals surface area contributed by atoms with Crippen LogP contribution in [-0.2, 0) is 0 Å². The predicted molar refractivity (Wildman–Crippen MR) is 79.7 cm³/mol. The molecule has 0 saturated carbocycles. The van der Waals surface area contributed by atoms with Gasteiger partial charge in [-0.15, -0.1) is 0 Å². The fourth-order valence-electron chi connectivity index (χ4n) is 2.08. The van der Waals surface area contributed by atoms with Gasteiger partial charge in [0, 0.05) is 17.4 Å². The highest BCUT2D eigenvalue weighted by atomic mass is 16.4. The maximum Gasteiger partial charge on any atom is 0.337 e. The number of benzene rings is 1. The van der Waals surface area contributed by atoms with Gasteiger partial charge in [0.25, 0.3) is 0 Å². The zero-order valence-corrected chi connectivity index (χ0v) is 11.8. The second-order valence-electron chi connectivity index (χ2n) is 5.00. The van der Waals surface area contributed by atoms with Crippen LogP contribution in [0, 0.1) is 0 Å². The second-order valence-corrected chi connectivity index (χ2v) is 5.00. The molecule has 4 N–H and O–H groups in total. The molecule has 0 aliphatic carbocycles. The number of nitrogens with two attached hydrogens (primary N) is 1. The van der Waals surface area contributed by atoms with Gasteiger partial charge in [-0.05, 0) is 31.5 Å². The normalized spacial score (nSPS) is 12.1. The first-order valence-electron chi connectivity index (χ1n) is 6.94. The maximum absolute atomic E-state index is 10.9. The first-order valence-corrected chi connectivity index (χ1v) is 6.94. The van der Waals surface area contributed by atoms with Crippen molar-refractivity contribution in [2.45, 2.75) is 52.0 Å². The summed E-state index contributed by atoms with van der Waals surface area (Å²) in [5, 5.41) is 12.3. The van der Waals surface area contributed by atoms with E-state index in [9.17, 15) is 4.79 Å². The lowest BCUT2D eigenvalue weighted by molar-refractivity contribution is 0.0698. The summed E-state index contributed by atoms with van der Waals surface area (Å²) >= 11 is 0. The molecule has 0 fully saturated rings. The van der Waals surface area contributed by atoms with Gasteiger partial charge in [0.1, 0.15) is 0 Å². The number of nitrogen functional groups attached to an aromatic ring is 1. The Kier molecular flexibility index (Phi) is 6.19. The molecule has 0 aliphatic heterocycles. The number of hydrogen-bond donors (Lipinski definition) is 3. The maximum atomic E-state index is 10.9. The van der Waals surface area contributed by atoms with Crippen molar-refractivity contribution in [1.82, 2.24) is 0 Å². The first-order chi connectivity index (χ1) is 9.04. The van der Waals surface area contributed by atoms with Gasteiger partial charge in [-0.3, -0.25) is 0 Å². The smallest absolute Gasteiger partial charge is 0.337 e. The van der Waals surface area contributed by atoms with E-state index >= 15 is 0 Å². The van der Waals surface area contributed by atoms with Crippen molar-refractivity contribution in [3.05, 3.63) is 23.8 Å². The largest absolute Gasteiger partial charge is 0.478 e. The quantitative estimate of drug-likeness (QED) is 0.494. The van der Waals surface area contributed by atoms with Crippen LogP contribution < -0.4 is 11.1 Å². The fraction of sp³-hybridized carbons (Fsp3) is 0.533. The second kappa shape index (κ2) is 7.67. The number of rotatable bonds is 8. The summed E-state index contributed by atoms with van der Waals surface area (Å²) < 4.78 is 0. The summed E-state index contributed by atoms with van der Waals surface area (Å²) in [6.45, 7) is 4.34. The van der Waals surface area contributed by atoms with E-state index in [1.807, 2.05) is 0 Å². The van der Waals surface area contributed by atoms with Crippen molar-refractivity contribution in [2.24, 2.45) is 0 Å². The standard InChI is InChI=1S/C15H24N2O2/c1-3-4-5-6-7-11(2)17-12-8-9-13(15(18)19)14(16)10-12/h8-11,17H,3-7,16H2,1-2H3,(H,18,19). The topological polar surface area (TPSA) is 75.3 Å². The zero-order valence-electron chi connectivity index (χ0n) is 11.8. The Balaban J connectivity index is 2.48. The Morgan fingerprint density at radius 2 is 2.11 bits per heavy atom. The van der Waals surface area contributed by atoms with Crippen LogP contribution in [0.15, 0.2) is 18.2 Å². The Morgan fingerprint density at radius 3 is 2.68 bits per heavy atom. The molecule has 0 aromatic heterocycles. The van der Waals surface area contributed by atoms with E-state index in [4.69, 9.17) is 10.8 Å². The minimum Gasteiger partial charge on any atom is -0.478 e. The first kappa shape index (κ1) is 15.3. The van der Waals surface area contributed by atoms with Crippen LogP contribution in [-0.4, -0.2) is 17.1 Å². The number of hydrogen-bond acceptors (Lipinski definition) is 3. The fourth-order valence-corrected chi connectivity index (χ4v) is 2.08. The van der Waals surface area contributed by atoms with E-state index in [0.717, 1.165) is 12.1 Å². The summed E-state index contributed by atoms with van der Waals surface area (Å²) in [5.74, 6) is -0.989. The number of carbonyl (C=O) groups is 1. The van der Waals surface area contributed by atoms with Gasteiger partial charge in [0.2, 0.25) is 0 Å². The molecule has 4 nitrogen and oxygen atoms in total. The van der Waals surface area contributed by atoms with E-state index in [0.29, 0.717) is 11.7 Å². The lowest BCUT2D eigenvalue weighted by Gasteiger charge is -2.16. The van der Waals surface area contributed by atoms with E-state index in [1.54, 1.807) is 18.2 Å². The van der Waals surface area contributed by atoms with Gasteiger partial charge in [0.05, 0.1) is 5.56 Å². The summed E-state index contributed by atoms with van der Waals surface area (Å²) in [7, 11) is 0. The average molecular weight is 264 g/mol. The van der Waals surface area contributed by atoms with E-state index in [1.165, 1.54) is 25.7 Å². The molecule has 4 heteroatoms. The molecule has 0 heterocycles. The van der Waals surface area contributed by atoms with Gasteiger partial charge < -0.3 is 16.2 Å². The molecule has 1 aromatic carbocycles. The third-order valence-corrected chi connectivity index (χ3v) is 3.19. The van der Waals surface area contributed by atoms with Crippen molar-refractivity contribution in [3.8, 4) is 0 Å². The summed E-state index contributed by atoms with van der Waals surface area (Å²) in [6, 6.07) is 5.37. The van der Waals surface area contributed by atoms with Gasteiger partial charge in [0.15, 0.2) is 0 Å². The summed E-state index contributed by atoms with van der Waals surface area (Å²) in [5.41, 5.74) is 7.05. The minimum atomic E-state index is -0.989. The molecule has 1 aromatic rings. The Labute approximate surface area is 115 Å². The summed E-state index contributed by atoms with van der Waals surface area (Å²) in [4.78, 5) is 10.9.